The maximum atomic E-state index is 15.9. The van der Waals surface area contributed by atoms with Crippen molar-refractivity contribution in [1.29, 1.82) is 0 Å². The third-order valence-corrected chi connectivity index (χ3v) is 7.73. The highest BCUT2D eigenvalue weighted by atomic mass is 127. The van der Waals surface area contributed by atoms with Crippen molar-refractivity contribution in [3.63, 3.8) is 0 Å². The molecular weight excluding hydrogens is 685 g/mol. The Bertz CT molecular complexity index is 1690. The number of aliphatic hydroxyl groups is 1. The van der Waals surface area contributed by atoms with E-state index < -0.39 is 27.8 Å². The Labute approximate surface area is 246 Å². The number of imidazole rings is 1. The van der Waals surface area contributed by atoms with E-state index >= 15 is 4.39 Å². The van der Waals surface area contributed by atoms with Gasteiger partial charge >= 0.3 is 0 Å². The van der Waals surface area contributed by atoms with Crippen LogP contribution >= 0.6 is 34.2 Å². The molecule has 212 valence electrons. The van der Waals surface area contributed by atoms with E-state index in [1.165, 1.54) is 42.2 Å². The SMILES string of the molecule is CNS(=O)(=O)Nc1cccc(Cn2cnc3c(F)c(Nc4ccc(I)cc4F)c(C(=O)NOCCO)cc32)c1Cl. The summed E-state index contributed by atoms with van der Waals surface area (Å²) in [4.78, 5) is 22.0. The lowest BCUT2D eigenvalue weighted by Crippen LogP contribution is -2.26. The van der Waals surface area contributed by atoms with E-state index in [-0.39, 0.29) is 58.4 Å². The van der Waals surface area contributed by atoms with Gasteiger partial charge in [-0.1, -0.05) is 23.7 Å². The molecule has 0 unspecified atom stereocenters. The standard InChI is InChI=1S/C24H22ClF2IN6O5S/c1-29-40(37,38)33-18-4-2-3-13(20(18)25)11-34-12-30-23-19(34)10-15(24(36)32-39-8-7-35)22(21(23)27)31-17-6-5-14(28)9-16(17)26/h2-6,9-10,12,29,31,33,35H,7-8,11H2,1H3,(H,32,36). The van der Waals surface area contributed by atoms with E-state index in [9.17, 15) is 17.6 Å². The monoisotopic (exact) mass is 706 g/mol. The van der Waals surface area contributed by atoms with Gasteiger partial charge in [0.1, 0.15) is 11.3 Å². The van der Waals surface area contributed by atoms with Gasteiger partial charge in [-0.05, 0) is 58.5 Å². The third-order valence-electron chi connectivity index (χ3n) is 5.58. The molecule has 1 amide bonds. The predicted molar refractivity (Wildman–Crippen MR) is 155 cm³/mol. The van der Waals surface area contributed by atoms with Crippen molar-refractivity contribution in [1.82, 2.24) is 19.8 Å². The highest BCUT2D eigenvalue weighted by molar-refractivity contribution is 14.1. The Kier molecular flexibility index (Phi) is 9.42. The second kappa shape index (κ2) is 12.6. The molecule has 16 heteroatoms. The van der Waals surface area contributed by atoms with Crippen LogP contribution in [0.1, 0.15) is 15.9 Å². The van der Waals surface area contributed by atoms with Gasteiger partial charge in [0.15, 0.2) is 5.82 Å². The number of carbonyl (C=O) groups excluding carboxylic acids is 1. The van der Waals surface area contributed by atoms with Gasteiger partial charge in [-0.25, -0.2) is 24.0 Å². The molecule has 0 saturated heterocycles. The molecule has 1 aromatic heterocycles. The first-order valence-electron chi connectivity index (χ1n) is 11.5. The number of halogens is 4. The lowest BCUT2D eigenvalue weighted by molar-refractivity contribution is 0.0169. The summed E-state index contributed by atoms with van der Waals surface area (Å²) in [6.07, 6.45) is 1.33. The quantitative estimate of drug-likeness (QED) is 0.0904. The largest absolute Gasteiger partial charge is 0.394 e. The minimum Gasteiger partial charge on any atom is -0.394 e. The molecule has 0 aliphatic heterocycles. The van der Waals surface area contributed by atoms with Crippen LogP contribution in [0.25, 0.3) is 11.0 Å². The molecule has 0 bridgehead atoms. The first-order valence-corrected chi connectivity index (χ1v) is 14.4. The van der Waals surface area contributed by atoms with Crippen LogP contribution in [0.2, 0.25) is 5.02 Å². The van der Waals surface area contributed by atoms with Crippen LogP contribution in [0.15, 0.2) is 48.8 Å². The van der Waals surface area contributed by atoms with Crippen LogP contribution in [0.4, 0.5) is 25.8 Å². The van der Waals surface area contributed by atoms with Gasteiger partial charge in [0.2, 0.25) is 0 Å². The molecule has 0 fully saturated rings. The van der Waals surface area contributed by atoms with Crippen LogP contribution in [0.5, 0.6) is 0 Å². The molecular formula is C24H22ClF2IN6O5S. The average molecular weight is 707 g/mol. The van der Waals surface area contributed by atoms with Gasteiger partial charge in [-0.15, -0.1) is 0 Å². The summed E-state index contributed by atoms with van der Waals surface area (Å²) in [7, 11) is -2.59. The number of amides is 1. The van der Waals surface area contributed by atoms with E-state index in [2.05, 4.69) is 25.2 Å². The number of hydrogen-bond donors (Lipinski definition) is 5. The Balaban J connectivity index is 1.78. The highest BCUT2D eigenvalue weighted by Crippen LogP contribution is 2.33. The first kappa shape index (κ1) is 29.9. The third kappa shape index (κ3) is 6.61. The van der Waals surface area contributed by atoms with Gasteiger partial charge in [0, 0.05) is 10.6 Å². The van der Waals surface area contributed by atoms with Crippen molar-refractivity contribution in [2.45, 2.75) is 6.54 Å². The first-order chi connectivity index (χ1) is 19.0. The molecule has 0 atom stereocenters. The zero-order valence-electron chi connectivity index (χ0n) is 20.6. The van der Waals surface area contributed by atoms with Gasteiger partial charge < -0.3 is 15.0 Å². The topological polar surface area (TPSA) is 147 Å². The number of rotatable bonds is 11. The lowest BCUT2D eigenvalue weighted by atomic mass is 10.1. The fourth-order valence-corrected chi connectivity index (χ4v) is 4.99. The summed E-state index contributed by atoms with van der Waals surface area (Å²) in [5.41, 5.74) is 2.14. The minimum atomic E-state index is -3.83. The smallest absolute Gasteiger partial charge is 0.298 e. The van der Waals surface area contributed by atoms with Crippen LogP contribution in [-0.2, 0) is 21.6 Å². The molecule has 0 saturated carbocycles. The average Bonchev–Trinajstić information content (AvgIpc) is 3.32. The van der Waals surface area contributed by atoms with E-state index in [1.807, 2.05) is 22.6 Å². The molecule has 0 aliphatic rings. The normalized spacial score (nSPS) is 11.6. The summed E-state index contributed by atoms with van der Waals surface area (Å²) in [5.74, 6) is -2.46. The second-order valence-corrected chi connectivity index (χ2v) is 11.4. The Morgan fingerprint density at radius 2 is 1.98 bits per heavy atom. The molecule has 5 N–H and O–H groups in total. The van der Waals surface area contributed by atoms with Crippen LogP contribution in [-0.4, -0.2) is 49.2 Å². The number of hydroxylamine groups is 1. The van der Waals surface area contributed by atoms with Crippen molar-refractivity contribution < 1.29 is 31.9 Å². The Morgan fingerprint density at radius 3 is 2.67 bits per heavy atom. The van der Waals surface area contributed by atoms with Crippen molar-refractivity contribution >= 4 is 78.4 Å². The van der Waals surface area contributed by atoms with E-state index in [4.69, 9.17) is 21.5 Å². The lowest BCUT2D eigenvalue weighted by Gasteiger charge is -2.16. The van der Waals surface area contributed by atoms with Crippen LogP contribution < -0.4 is 20.2 Å². The van der Waals surface area contributed by atoms with E-state index in [0.717, 1.165) is 0 Å². The number of nitrogens with one attached hydrogen (secondary N) is 4. The number of anilines is 3. The molecule has 1 heterocycles. The van der Waals surface area contributed by atoms with Gasteiger partial charge in [0.25, 0.3) is 16.1 Å². The maximum Gasteiger partial charge on any atom is 0.298 e. The highest BCUT2D eigenvalue weighted by Gasteiger charge is 2.23. The number of aromatic nitrogens is 2. The maximum absolute atomic E-state index is 15.9. The number of fused-ring (bicyclic) bond motifs is 1. The number of carbonyl (C=O) groups is 1. The summed E-state index contributed by atoms with van der Waals surface area (Å²) in [6, 6.07) is 10.3. The number of hydrogen-bond acceptors (Lipinski definition) is 7. The zero-order chi connectivity index (χ0) is 29.0. The van der Waals surface area contributed by atoms with Crippen molar-refractivity contribution in [2.24, 2.45) is 0 Å². The Hall–Kier alpha value is -3.09. The van der Waals surface area contributed by atoms with Gasteiger partial charge in [-0.3, -0.25) is 14.4 Å². The van der Waals surface area contributed by atoms with Crippen molar-refractivity contribution in [3.05, 3.63) is 80.1 Å². The van der Waals surface area contributed by atoms with Crippen molar-refractivity contribution in [3.8, 4) is 0 Å². The zero-order valence-corrected chi connectivity index (χ0v) is 24.4. The molecule has 0 aliphatic carbocycles. The number of aliphatic hydroxyl groups excluding tert-OH is 1. The summed E-state index contributed by atoms with van der Waals surface area (Å²) >= 11 is 8.39. The molecule has 0 radical (unpaired) electrons. The molecule has 11 nitrogen and oxygen atoms in total. The van der Waals surface area contributed by atoms with Gasteiger partial charge in [-0.2, -0.15) is 8.42 Å². The van der Waals surface area contributed by atoms with Gasteiger partial charge in [0.05, 0.1) is 59.3 Å². The van der Waals surface area contributed by atoms with Crippen molar-refractivity contribution in [2.75, 3.05) is 30.3 Å². The number of nitrogens with zero attached hydrogens (tertiary/aromatic N) is 2. The summed E-state index contributed by atoms with van der Waals surface area (Å²) in [5, 5.41) is 11.7. The molecule has 40 heavy (non-hydrogen) atoms. The fraction of sp³-hybridized carbons (Fsp3) is 0.167. The summed E-state index contributed by atoms with van der Waals surface area (Å²) < 4.78 is 60.9. The van der Waals surface area contributed by atoms with Crippen LogP contribution in [0.3, 0.4) is 0 Å². The molecule has 0 spiro atoms. The van der Waals surface area contributed by atoms with E-state index in [1.54, 1.807) is 18.2 Å². The fourth-order valence-electron chi connectivity index (χ4n) is 3.69. The molecule has 4 rings (SSSR count). The molecule has 4 aromatic rings. The van der Waals surface area contributed by atoms with Crippen LogP contribution in [0, 0.1) is 15.2 Å². The predicted octanol–water partition coefficient (Wildman–Crippen LogP) is 3.89. The molecule has 3 aromatic carbocycles. The number of benzene rings is 3. The Morgan fingerprint density at radius 1 is 1.20 bits per heavy atom. The summed E-state index contributed by atoms with van der Waals surface area (Å²) in [6.45, 7) is -0.552. The minimum absolute atomic E-state index is 0.0322. The second-order valence-electron chi connectivity index (χ2n) is 8.19. The van der Waals surface area contributed by atoms with E-state index in [0.29, 0.717) is 9.13 Å².